The molecule has 0 bridgehead atoms. The Bertz CT molecular complexity index is 1110. The molecule has 29 heavy (non-hydrogen) atoms. The van der Waals surface area contributed by atoms with Gasteiger partial charge in [-0.05, 0) is 52.3 Å². The normalized spacial score (nSPS) is 11.0. The van der Waals surface area contributed by atoms with E-state index in [1.165, 1.54) is 55.9 Å². The van der Waals surface area contributed by atoms with Crippen molar-refractivity contribution in [1.29, 1.82) is 0 Å². The molecule has 3 rings (SSSR count). The van der Waals surface area contributed by atoms with Crippen molar-refractivity contribution in [3.63, 3.8) is 0 Å². The quantitative estimate of drug-likeness (QED) is 0.512. The molecule has 0 aliphatic carbocycles. The Kier molecular flexibility index (Phi) is 6.35. The molecule has 2 N–H and O–H groups in total. The van der Waals surface area contributed by atoms with E-state index in [-0.39, 0.29) is 28.5 Å². The lowest BCUT2D eigenvalue weighted by Crippen LogP contribution is -2.15. The number of nitrogens with zero attached hydrogens (tertiary/aromatic N) is 2. The first-order valence-electron chi connectivity index (χ1n) is 7.97. The Morgan fingerprint density at radius 3 is 2.38 bits per heavy atom. The number of hydrogen-bond donors (Lipinski definition) is 2. The molecule has 3 aromatic rings. The fraction of sp³-hybridized carbons (Fsp3) is 0.118. The monoisotopic (exact) mass is 498 g/mol. The maximum absolute atomic E-state index is 12.6. The van der Waals surface area contributed by atoms with E-state index in [1.807, 2.05) is 0 Å². The highest BCUT2D eigenvalue weighted by molar-refractivity contribution is 9.11. The van der Waals surface area contributed by atoms with Gasteiger partial charge in [0.05, 0.1) is 27.8 Å². The number of carbonyl (C=O) groups is 1. The molecule has 1 aromatic carbocycles. The highest BCUT2D eigenvalue weighted by atomic mass is 79.9. The lowest BCUT2D eigenvalue weighted by molar-refractivity contribution is 0.103. The molecule has 2 aromatic heterocycles. The van der Waals surface area contributed by atoms with Crippen LogP contribution in [0.1, 0.15) is 9.67 Å². The third kappa shape index (κ3) is 5.22. The number of nitrogens with one attached hydrogen (secondary N) is 2. The van der Waals surface area contributed by atoms with Crippen LogP contribution in [0.25, 0.3) is 0 Å². The van der Waals surface area contributed by atoms with Crippen molar-refractivity contribution in [2.24, 2.45) is 0 Å². The topological polar surface area (TPSA) is 120 Å². The zero-order valence-corrected chi connectivity index (χ0v) is 18.4. The molecular formula is C17H15BrN4O5S2. The number of carbonyl (C=O) groups excluding carboxylic acids is 1. The first kappa shape index (κ1) is 21.0. The predicted molar refractivity (Wildman–Crippen MR) is 112 cm³/mol. The minimum Gasteiger partial charge on any atom is -0.481 e. The molecule has 0 spiro atoms. The van der Waals surface area contributed by atoms with Gasteiger partial charge in [0, 0.05) is 11.8 Å². The van der Waals surface area contributed by atoms with Crippen molar-refractivity contribution in [3.05, 3.63) is 51.1 Å². The molecule has 0 saturated carbocycles. The third-order valence-corrected chi connectivity index (χ3v) is 6.53. The van der Waals surface area contributed by atoms with Gasteiger partial charge in [-0.2, -0.15) is 9.97 Å². The maximum Gasteiger partial charge on any atom is 0.321 e. The molecule has 0 aliphatic heterocycles. The van der Waals surface area contributed by atoms with Crippen LogP contribution in [0.4, 0.5) is 11.5 Å². The molecule has 0 atom stereocenters. The summed E-state index contributed by atoms with van der Waals surface area (Å²) in [6.07, 6.45) is 0. The zero-order chi connectivity index (χ0) is 21.0. The summed E-state index contributed by atoms with van der Waals surface area (Å²) >= 11 is 4.60. The fourth-order valence-electron chi connectivity index (χ4n) is 2.19. The number of hydrogen-bond acceptors (Lipinski definition) is 8. The van der Waals surface area contributed by atoms with E-state index in [0.717, 1.165) is 3.79 Å². The molecule has 2 heterocycles. The summed E-state index contributed by atoms with van der Waals surface area (Å²) in [6, 6.07) is 10.5. The molecule has 1 amide bonds. The highest BCUT2D eigenvalue weighted by Gasteiger charge is 2.17. The predicted octanol–water partition coefficient (Wildman–Crippen LogP) is 3.37. The van der Waals surface area contributed by atoms with E-state index in [0.29, 0.717) is 10.6 Å². The number of thiophene rings is 1. The third-order valence-electron chi connectivity index (χ3n) is 3.53. The summed E-state index contributed by atoms with van der Waals surface area (Å²) in [5.74, 6) is -0.142. The largest absolute Gasteiger partial charge is 0.481 e. The van der Waals surface area contributed by atoms with Gasteiger partial charge in [-0.3, -0.25) is 9.52 Å². The second kappa shape index (κ2) is 8.76. The van der Waals surface area contributed by atoms with E-state index in [4.69, 9.17) is 9.47 Å². The van der Waals surface area contributed by atoms with Crippen LogP contribution in [0.3, 0.4) is 0 Å². The number of ether oxygens (including phenoxy) is 2. The number of aromatic nitrogens is 2. The van der Waals surface area contributed by atoms with Gasteiger partial charge in [0.25, 0.3) is 15.9 Å². The first-order chi connectivity index (χ1) is 13.8. The number of amides is 1. The molecule has 12 heteroatoms. The molecule has 9 nitrogen and oxygen atoms in total. The second-order valence-electron chi connectivity index (χ2n) is 5.47. The van der Waals surface area contributed by atoms with Gasteiger partial charge in [0.15, 0.2) is 5.82 Å². The molecule has 0 unspecified atom stereocenters. The highest BCUT2D eigenvalue weighted by Crippen LogP contribution is 2.24. The van der Waals surface area contributed by atoms with Crippen LogP contribution in [0.5, 0.6) is 11.9 Å². The van der Waals surface area contributed by atoms with E-state index in [9.17, 15) is 13.2 Å². The van der Waals surface area contributed by atoms with Crippen molar-refractivity contribution in [2.45, 2.75) is 4.90 Å². The smallest absolute Gasteiger partial charge is 0.321 e. The van der Waals surface area contributed by atoms with Gasteiger partial charge in [-0.15, -0.1) is 11.3 Å². The van der Waals surface area contributed by atoms with Crippen LogP contribution in [-0.4, -0.2) is 38.5 Å². The summed E-state index contributed by atoms with van der Waals surface area (Å²) in [4.78, 5) is 20.5. The van der Waals surface area contributed by atoms with E-state index in [2.05, 4.69) is 35.9 Å². The lowest BCUT2D eigenvalue weighted by atomic mass is 10.3. The Morgan fingerprint density at radius 1 is 1.07 bits per heavy atom. The van der Waals surface area contributed by atoms with Crippen LogP contribution in [0, 0.1) is 0 Å². The second-order valence-corrected chi connectivity index (χ2v) is 9.62. The van der Waals surface area contributed by atoms with E-state index >= 15 is 0 Å². The van der Waals surface area contributed by atoms with Gasteiger partial charge in [0.2, 0.25) is 5.88 Å². The minimum absolute atomic E-state index is 0.00523. The number of sulfonamides is 1. The van der Waals surface area contributed by atoms with Gasteiger partial charge in [-0.1, -0.05) is 0 Å². The maximum atomic E-state index is 12.6. The summed E-state index contributed by atoms with van der Waals surface area (Å²) in [5, 5.41) is 2.71. The van der Waals surface area contributed by atoms with Crippen LogP contribution < -0.4 is 19.5 Å². The number of rotatable bonds is 7. The van der Waals surface area contributed by atoms with Crippen LogP contribution >= 0.6 is 27.3 Å². The molecule has 0 radical (unpaired) electrons. The Balaban J connectivity index is 1.75. The summed E-state index contributed by atoms with van der Waals surface area (Å²) < 4.78 is 38.3. The molecular weight excluding hydrogens is 484 g/mol. The summed E-state index contributed by atoms with van der Waals surface area (Å²) in [5.41, 5.74) is 0.462. The van der Waals surface area contributed by atoms with Crippen molar-refractivity contribution >= 4 is 54.7 Å². The lowest BCUT2D eigenvalue weighted by Gasteiger charge is -2.10. The van der Waals surface area contributed by atoms with Gasteiger partial charge >= 0.3 is 6.01 Å². The number of methoxy groups -OCH3 is 2. The average Bonchev–Trinajstić information content (AvgIpc) is 3.14. The molecule has 0 saturated heterocycles. The molecule has 0 fully saturated rings. The molecule has 0 aliphatic rings. The van der Waals surface area contributed by atoms with Crippen molar-refractivity contribution in [1.82, 2.24) is 9.97 Å². The van der Waals surface area contributed by atoms with Crippen molar-refractivity contribution in [2.75, 3.05) is 24.3 Å². The Morgan fingerprint density at radius 2 is 1.79 bits per heavy atom. The Hall–Kier alpha value is -2.70. The average molecular weight is 499 g/mol. The first-order valence-corrected chi connectivity index (χ1v) is 11.1. The number of anilines is 2. The summed E-state index contributed by atoms with van der Waals surface area (Å²) in [6.45, 7) is 0. The number of benzene rings is 1. The van der Waals surface area contributed by atoms with Crippen molar-refractivity contribution in [3.8, 4) is 11.9 Å². The van der Waals surface area contributed by atoms with Crippen molar-refractivity contribution < 1.29 is 22.7 Å². The van der Waals surface area contributed by atoms with Gasteiger partial charge in [0.1, 0.15) is 0 Å². The summed E-state index contributed by atoms with van der Waals surface area (Å²) in [7, 11) is -1.18. The SMILES string of the molecule is COc1cc(NS(=O)(=O)c2ccc(NC(=O)c3ccc(Br)s3)cc2)nc(OC)n1. The van der Waals surface area contributed by atoms with Crippen LogP contribution in [-0.2, 0) is 10.0 Å². The molecule has 152 valence electrons. The Labute approximate surface area is 179 Å². The van der Waals surface area contributed by atoms with E-state index < -0.39 is 10.0 Å². The van der Waals surface area contributed by atoms with Crippen LogP contribution in [0.15, 0.2) is 51.1 Å². The van der Waals surface area contributed by atoms with Gasteiger partial charge < -0.3 is 14.8 Å². The minimum atomic E-state index is -3.93. The van der Waals surface area contributed by atoms with E-state index in [1.54, 1.807) is 12.1 Å². The zero-order valence-electron chi connectivity index (χ0n) is 15.2. The number of halogens is 1. The van der Waals surface area contributed by atoms with Crippen LogP contribution in [0.2, 0.25) is 0 Å². The standard InChI is InChI=1S/C17H15BrN4O5S2/c1-26-15-9-14(20-17(21-15)27-2)22-29(24,25)11-5-3-10(4-6-11)19-16(23)12-7-8-13(18)28-12/h3-9H,1-2H3,(H,19,23)(H,20,21,22). The van der Waals surface area contributed by atoms with Gasteiger partial charge in [-0.25, -0.2) is 8.42 Å². The fourth-order valence-corrected chi connectivity index (χ4v) is 4.47.